The predicted octanol–water partition coefficient (Wildman–Crippen LogP) is 3.01. The second-order valence-corrected chi connectivity index (χ2v) is 8.67. The summed E-state index contributed by atoms with van der Waals surface area (Å²) >= 11 is 0. The first kappa shape index (κ1) is 17.2. The minimum Gasteiger partial charge on any atom is -0.324 e. The van der Waals surface area contributed by atoms with Gasteiger partial charge in [-0.15, -0.1) is 0 Å². The highest BCUT2D eigenvalue weighted by molar-refractivity contribution is 5.99. The number of nitrogens with one attached hydrogen (secondary N) is 2. The van der Waals surface area contributed by atoms with Crippen molar-refractivity contribution in [1.29, 1.82) is 0 Å². The van der Waals surface area contributed by atoms with Crippen LogP contribution in [0.1, 0.15) is 40.0 Å². The van der Waals surface area contributed by atoms with E-state index in [9.17, 15) is 4.79 Å². The van der Waals surface area contributed by atoms with E-state index < -0.39 is 0 Å². The Bertz CT molecular complexity index is 785. The van der Waals surface area contributed by atoms with Crippen LogP contribution in [0.3, 0.4) is 0 Å². The van der Waals surface area contributed by atoms with Gasteiger partial charge in [-0.05, 0) is 61.4 Å². The molecule has 1 saturated heterocycles. The van der Waals surface area contributed by atoms with Gasteiger partial charge in [-0.1, -0.05) is 20.8 Å². The van der Waals surface area contributed by atoms with E-state index in [0.29, 0.717) is 0 Å². The molecule has 6 heteroatoms. The van der Waals surface area contributed by atoms with Crippen LogP contribution in [0.4, 0.5) is 5.69 Å². The molecule has 2 aromatic rings. The third kappa shape index (κ3) is 2.55. The van der Waals surface area contributed by atoms with Gasteiger partial charge in [0.05, 0.1) is 17.3 Å². The first-order chi connectivity index (χ1) is 12.4. The maximum atomic E-state index is 13.4. The number of carbonyl (C=O) groups is 1. The highest BCUT2D eigenvalue weighted by atomic mass is 16.2. The molecule has 1 aliphatic heterocycles. The molecular formula is C20H27N5O. The van der Waals surface area contributed by atoms with Crippen molar-refractivity contribution >= 4 is 11.6 Å². The van der Waals surface area contributed by atoms with Crippen LogP contribution in [-0.4, -0.2) is 33.8 Å². The summed E-state index contributed by atoms with van der Waals surface area (Å²) in [4.78, 5) is 17.8. The van der Waals surface area contributed by atoms with Crippen LogP contribution in [0.15, 0.2) is 36.8 Å². The monoisotopic (exact) mass is 353 g/mol. The van der Waals surface area contributed by atoms with Gasteiger partial charge in [-0.25, -0.2) is 9.67 Å². The standard InChI is InChI=1S/C20H27N5O/c1-18(2,3)20(14-19(20)7-10-21-11-8-19)17(26)24-15-5-6-16(22-13-15)25-12-4-9-23-25/h4-6,9,12-13,21H,7-8,10-11,14H2,1-3H3,(H,24,26). The van der Waals surface area contributed by atoms with Gasteiger partial charge in [0.15, 0.2) is 5.82 Å². The number of aromatic nitrogens is 3. The SMILES string of the molecule is CC(C)(C)C1(C(=O)Nc2ccc(-n3cccn3)nc2)CC12CCNCC2. The van der Waals surface area contributed by atoms with E-state index in [1.807, 2.05) is 24.4 Å². The molecule has 3 heterocycles. The van der Waals surface area contributed by atoms with Crippen molar-refractivity contribution in [2.75, 3.05) is 18.4 Å². The van der Waals surface area contributed by atoms with Gasteiger partial charge >= 0.3 is 0 Å². The number of carbonyl (C=O) groups excluding carboxylic acids is 1. The van der Waals surface area contributed by atoms with Crippen LogP contribution in [0.5, 0.6) is 0 Å². The highest BCUT2D eigenvalue weighted by Crippen LogP contribution is 2.75. The normalized spacial score (nSPS) is 24.4. The molecule has 2 N–H and O–H groups in total. The molecule has 4 rings (SSSR count). The van der Waals surface area contributed by atoms with E-state index in [2.05, 4.69) is 41.5 Å². The molecule has 1 saturated carbocycles. The lowest BCUT2D eigenvalue weighted by Gasteiger charge is -2.37. The van der Waals surface area contributed by atoms with Gasteiger partial charge in [-0.2, -0.15) is 5.10 Å². The number of pyridine rings is 1. The quantitative estimate of drug-likeness (QED) is 0.890. The summed E-state index contributed by atoms with van der Waals surface area (Å²) in [5, 5.41) is 10.7. The Morgan fingerprint density at radius 1 is 1.27 bits per heavy atom. The van der Waals surface area contributed by atoms with Gasteiger partial charge in [-0.3, -0.25) is 4.79 Å². The lowest BCUT2D eigenvalue weighted by atomic mass is 9.69. The van der Waals surface area contributed by atoms with Crippen LogP contribution in [0.2, 0.25) is 0 Å². The second kappa shape index (κ2) is 5.91. The van der Waals surface area contributed by atoms with Crippen molar-refractivity contribution in [1.82, 2.24) is 20.1 Å². The average Bonchev–Trinajstić information content (AvgIpc) is 3.00. The zero-order valence-electron chi connectivity index (χ0n) is 15.7. The molecule has 26 heavy (non-hydrogen) atoms. The largest absolute Gasteiger partial charge is 0.324 e. The Kier molecular flexibility index (Phi) is 3.91. The first-order valence-corrected chi connectivity index (χ1v) is 9.36. The van der Waals surface area contributed by atoms with E-state index in [-0.39, 0.29) is 22.2 Å². The minimum absolute atomic E-state index is 0.0726. The smallest absolute Gasteiger partial charge is 0.231 e. The van der Waals surface area contributed by atoms with E-state index >= 15 is 0 Å². The molecule has 2 aliphatic rings. The summed E-state index contributed by atoms with van der Waals surface area (Å²) in [5.41, 5.74) is 0.508. The van der Waals surface area contributed by atoms with Crippen molar-refractivity contribution in [2.45, 2.75) is 40.0 Å². The minimum atomic E-state index is -0.303. The molecule has 0 aromatic carbocycles. The topological polar surface area (TPSA) is 71.8 Å². The average molecular weight is 353 g/mol. The lowest BCUT2D eigenvalue weighted by Crippen LogP contribution is -2.43. The van der Waals surface area contributed by atoms with Crippen LogP contribution >= 0.6 is 0 Å². The maximum absolute atomic E-state index is 13.4. The molecule has 1 unspecified atom stereocenters. The lowest BCUT2D eigenvalue weighted by molar-refractivity contribution is -0.127. The molecular weight excluding hydrogens is 326 g/mol. The Labute approximate surface area is 154 Å². The highest BCUT2D eigenvalue weighted by Gasteiger charge is 2.75. The Balaban J connectivity index is 1.55. The number of rotatable bonds is 3. The third-order valence-corrected chi connectivity index (χ3v) is 6.36. The zero-order valence-corrected chi connectivity index (χ0v) is 15.7. The Hall–Kier alpha value is -2.21. The summed E-state index contributed by atoms with van der Waals surface area (Å²) < 4.78 is 1.70. The third-order valence-electron chi connectivity index (χ3n) is 6.36. The number of anilines is 1. The van der Waals surface area contributed by atoms with Crippen LogP contribution in [0, 0.1) is 16.2 Å². The fourth-order valence-electron chi connectivity index (χ4n) is 4.93. The molecule has 138 valence electrons. The maximum Gasteiger partial charge on any atom is 0.231 e. The zero-order chi connectivity index (χ0) is 18.4. The van der Waals surface area contributed by atoms with Crippen LogP contribution in [0.25, 0.3) is 5.82 Å². The van der Waals surface area contributed by atoms with Crippen molar-refractivity contribution < 1.29 is 4.79 Å². The number of piperidine rings is 1. The number of hydrogen-bond donors (Lipinski definition) is 2. The van der Waals surface area contributed by atoms with Gasteiger partial charge in [0, 0.05) is 12.4 Å². The molecule has 1 atom stereocenters. The van der Waals surface area contributed by atoms with Crippen molar-refractivity contribution in [3.63, 3.8) is 0 Å². The molecule has 0 radical (unpaired) electrons. The Morgan fingerprint density at radius 2 is 2.04 bits per heavy atom. The van der Waals surface area contributed by atoms with Gasteiger partial charge in [0.2, 0.25) is 5.91 Å². The second-order valence-electron chi connectivity index (χ2n) is 8.67. The van der Waals surface area contributed by atoms with Crippen molar-refractivity contribution in [3.8, 4) is 5.82 Å². The predicted molar refractivity (Wildman–Crippen MR) is 101 cm³/mol. The summed E-state index contributed by atoms with van der Waals surface area (Å²) in [7, 11) is 0. The summed E-state index contributed by atoms with van der Waals surface area (Å²) in [5.74, 6) is 0.875. The molecule has 1 amide bonds. The fraction of sp³-hybridized carbons (Fsp3) is 0.550. The van der Waals surface area contributed by atoms with E-state index in [4.69, 9.17) is 0 Å². The molecule has 2 aromatic heterocycles. The van der Waals surface area contributed by atoms with Gasteiger partial charge < -0.3 is 10.6 Å². The number of nitrogens with zero attached hydrogens (tertiary/aromatic N) is 3. The number of amides is 1. The van der Waals surface area contributed by atoms with Gasteiger partial charge in [0.1, 0.15) is 0 Å². The summed E-state index contributed by atoms with van der Waals surface area (Å²) in [6, 6.07) is 5.63. The first-order valence-electron chi connectivity index (χ1n) is 9.36. The summed E-state index contributed by atoms with van der Waals surface area (Å²) in [6.45, 7) is 8.60. The van der Waals surface area contributed by atoms with E-state index in [1.54, 1.807) is 17.1 Å². The molecule has 1 spiro atoms. The van der Waals surface area contributed by atoms with Crippen LogP contribution in [-0.2, 0) is 4.79 Å². The molecule has 6 nitrogen and oxygen atoms in total. The van der Waals surface area contributed by atoms with Crippen molar-refractivity contribution in [2.24, 2.45) is 16.2 Å². The molecule has 0 bridgehead atoms. The Morgan fingerprint density at radius 3 is 2.62 bits per heavy atom. The molecule has 1 aliphatic carbocycles. The van der Waals surface area contributed by atoms with E-state index in [0.717, 1.165) is 43.9 Å². The van der Waals surface area contributed by atoms with Crippen LogP contribution < -0.4 is 10.6 Å². The van der Waals surface area contributed by atoms with E-state index in [1.165, 1.54) is 0 Å². The number of hydrogen-bond acceptors (Lipinski definition) is 4. The van der Waals surface area contributed by atoms with Gasteiger partial charge in [0.25, 0.3) is 0 Å². The fourth-order valence-corrected chi connectivity index (χ4v) is 4.93. The summed E-state index contributed by atoms with van der Waals surface area (Å²) in [6.07, 6.45) is 8.41. The van der Waals surface area contributed by atoms with Crippen molar-refractivity contribution in [3.05, 3.63) is 36.8 Å². The molecule has 2 fully saturated rings.